The molecule has 7 heteroatoms. The van der Waals surface area contributed by atoms with E-state index in [1.54, 1.807) is 0 Å². The van der Waals surface area contributed by atoms with E-state index in [0.29, 0.717) is 0 Å². The molecule has 0 fully saturated rings. The minimum atomic E-state index is -3.94. The van der Waals surface area contributed by atoms with Gasteiger partial charge in [-0.05, 0) is 6.07 Å². The number of nitrogens with two attached hydrogens (primary N) is 1. The Kier molecular flexibility index (Phi) is 2.39. The highest BCUT2D eigenvalue weighted by molar-refractivity contribution is 7.89. The molecule has 1 rings (SSSR count). The molecule has 1 heterocycles. The first-order valence-corrected chi connectivity index (χ1v) is 4.70. The normalized spacial score (nSPS) is 11.2. The molecule has 0 unspecified atom stereocenters. The summed E-state index contributed by atoms with van der Waals surface area (Å²) in [6, 6.07) is 1.08. The Balaban J connectivity index is 3.26. The van der Waals surface area contributed by atoms with Gasteiger partial charge in [0.25, 0.3) is 0 Å². The van der Waals surface area contributed by atoms with Crippen LogP contribution in [0, 0.1) is 0 Å². The lowest BCUT2D eigenvalue weighted by atomic mass is 10.4. The zero-order valence-electron chi connectivity index (χ0n) is 6.68. The first-order valence-electron chi connectivity index (χ1n) is 3.15. The number of furan rings is 1. The van der Waals surface area contributed by atoms with Crippen LogP contribution < -0.4 is 5.14 Å². The maximum atomic E-state index is 10.9. The Labute approximate surface area is 74.3 Å². The fourth-order valence-corrected chi connectivity index (χ4v) is 1.40. The smallest absolute Gasteiger partial charge is 0.375 e. The molecule has 0 aliphatic heterocycles. The van der Waals surface area contributed by atoms with Gasteiger partial charge >= 0.3 is 5.97 Å². The highest BCUT2D eigenvalue weighted by atomic mass is 32.2. The highest BCUT2D eigenvalue weighted by Crippen LogP contribution is 2.15. The quantitative estimate of drug-likeness (QED) is 0.669. The van der Waals surface area contributed by atoms with Gasteiger partial charge in [0.15, 0.2) is 0 Å². The van der Waals surface area contributed by atoms with E-state index in [-0.39, 0.29) is 4.90 Å². The fourth-order valence-electron chi connectivity index (χ4n) is 0.763. The van der Waals surface area contributed by atoms with Crippen LogP contribution in [-0.4, -0.2) is 21.5 Å². The molecule has 0 atom stereocenters. The number of sulfonamides is 1. The van der Waals surface area contributed by atoms with Crippen LogP contribution in [0.1, 0.15) is 10.6 Å². The predicted molar refractivity (Wildman–Crippen MR) is 41.4 cm³/mol. The molecule has 0 saturated carbocycles. The first kappa shape index (κ1) is 9.75. The summed E-state index contributed by atoms with van der Waals surface area (Å²) >= 11 is 0. The number of carbonyl (C=O) groups excluding carboxylic acids is 1. The number of hydrogen-bond donors (Lipinski definition) is 1. The zero-order valence-corrected chi connectivity index (χ0v) is 7.50. The number of carbonyl (C=O) groups is 1. The van der Waals surface area contributed by atoms with Crippen molar-refractivity contribution in [1.29, 1.82) is 0 Å². The maximum Gasteiger partial charge on any atom is 0.375 e. The summed E-state index contributed by atoms with van der Waals surface area (Å²) in [6.07, 6.45) is 1.05. The van der Waals surface area contributed by atoms with Gasteiger partial charge in [0.05, 0.1) is 13.4 Å². The van der Waals surface area contributed by atoms with E-state index < -0.39 is 21.8 Å². The standard InChI is InChI=1S/C6H7NO5S/c1-11-6(8)5-4(2-3-12-5)13(7,9)10/h2-3H,1H3,(H2,7,9,10). The van der Waals surface area contributed by atoms with Crippen LogP contribution in [-0.2, 0) is 14.8 Å². The van der Waals surface area contributed by atoms with Gasteiger partial charge in [-0.2, -0.15) is 0 Å². The van der Waals surface area contributed by atoms with Gasteiger partial charge in [-0.15, -0.1) is 0 Å². The van der Waals surface area contributed by atoms with E-state index in [2.05, 4.69) is 9.15 Å². The minimum absolute atomic E-state index is 0.376. The average Bonchev–Trinajstić information content (AvgIpc) is 2.49. The third kappa shape index (κ3) is 1.87. The van der Waals surface area contributed by atoms with Gasteiger partial charge in [0.2, 0.25) is 15.8 Å². The van der Waals surface area contributed by atoms with Crippen molar-refractivity contribution in [2.24, 2.45) is 5.14 Å². The second-order valence-corrected chi connectivity index (χ2v) is 3.68. The van der Waals surface area contributed by atoms with Gasteiger partial charge in [-0.1, -0.05) is 0 Å². The molecule has 0 aromatic carbocycles. The monoisotopic (exact) mass is 205 g/mol. The van der Waals surface area contributed by atoms with Gasteiger partial charge in [-0.25, -0.2) is 18.4 Å². The minimum Gasteiger partial charge on any atom is -0.463 e. The molecule has 2 N–H and O–H groups in total. The number of esters is 1. The molecule has 0 bridgehead atoms. The average molecular weight is 205 g/mol. The second-order valence-electron chi connectivity index (χ2n) is 2.15. The third-order valence-corrected chi connectivity index (χ3v) is 2.24. The second kappa shape index (κ2) is 3.19. The summed E-state index contributed by atoms with van der Waals surface area (Å²) in [4.78, 5) is 10.5. The van der Waals surface area contributed by atoms with Crippen molar-refractivity contribution in [2.45, 2.75) is 4.90 Å². The van der Waals surface area contributed by atoms with Crippen LogP contribution in [0.5, 0.6) is 0 Å². The summed E-state index contributed by atoms with van der Waals surface area (Å²) in [7, 11) is -2.83. The molecule has 0 saturated heterocycles. The van der Waals surface area contributed by atoms with Gasteiger partial charge in [0.1, 0.15) is 4.90 Å². The van der Waals surface area contributed by atoms with E-state index >= 15 is 0 Å². The van der Waals surface area contributed by atoms with Crippen LogP contribution in [0.15, 0.2) is 21.6 Å². The molecular formula is C6H7NO5S. The molecule has 1 aromatic heterocycles. The summed E-state index contributed by atoms with van der Waals surface area (Å²) in [5, 5.41) is 4.80. The van der Waals surface area contributed by atoms with Crippen LogP contribution in [0.4, 0.5) is 0 Å². The SMILES string of the molecule is COC(=O)c1occc1S(N)(=O)=O. The topological polar surface area (TPSA) is 99.6 Å². The lowest BCUT2D eigenvalue weighted by molar-refractivity contribution is 0.0559. The summed E-state index contributed by atoms with van der Waals surface area (Å²) in [5.74, 6) is -1.29. The first-order chi connectivity index (χ1) is 5.96. The van der Waals surface area contributed by atoms with E-state index in [1.807, 2.05) is 0 Å². The molecular weight excluding hydrogens is 198 g/mol. The van der Waals surface area contributed by atoms with E-state index in [4.69, 9.17) is 5.14 Å². The number of methoxy groups -OCH3 is 1. The van der Waals surface area contributed by atoms with Gasteiger partial charge in [-0.3, -0.25) is 0 Å². The maximum absolute atomic E-state index is 10.9. The molecule has 13 heavy (non-hydrogen) atoms. The molecule has 0 amide bonds. The number of rotatable bonds is 2. The Morgan fingerprint density at radius 2 is 2.23 bits per heavy atom. The van der Waals surface area contributed by atoms with Crippen molar-refractivity contribution < 1.29 is 22.4 Å². The lowest BCUT2D eigenvalue weighted by Gasteiger charge is -1.97. The number of hydrogen-bond acceptors (Lipinski definition) is 5. The van der Waals surface area contributed by atoms with Gasteiger partial charge in [0, 0.05) is 0 Å². The summed E-state index contributed by atoms with van der Waals surface area (Å²) in [6.45, 7) is 0. The van der Waals surface area contributed by atoms with Crippen molar-refractivity contribution in [2.75, 3.05) is 7.11 Å². The largest absolute Gasteiger partial charge is 0.463 e. The Hall–Kier alpha value is -1.34. The molecule has 6 nitrogen and oxygen atoms in total. The van der Waals surface area contributed by atoms with Crippen molar-refractivity contribution in [3.8, 4) is 0 Å². The molecule has 0 aliphatic carbocycles. The van der Waals surface area contributed by atoms with Crippen LogP contribution in [0.25, 0.3) is 0 Å². The Morgan fingerprint density at radius 3 is 2.69 bits per heavy atom. The molecule has 0 radical (unpaired) electrons. The molecule has 72 valence electrons. The fraction of sp³-hybridized carbons (Fsp3) is 0.167. The van der Waals surface area contributed by atoms with Gasteiger partial charge < -0.3 is 9.15 Å². The van der Waals surface area contributed by atoms with E-state index in [0.717, 1.165) is 19.4 Å². The highest BCUT2D eigenvalue weighted by Gasteiger charge is 2.23. The molecule has 0 spiro atoms. The summed E-state index contributed by atoms with van der Waals surface area (Å²) in [5.41, 5.74) is 0. The Morgan fingerprint density at radius 1 is 1.62 bits per heavy atom. The van der Waals surface area contributed by atoms with Crippen LogP contribution in [0.3, 0.4) is 0 Å². The van der Waals surface area contributed by atoms with Crippen LogP contribution >= 0.6 is 0 Å². The molecule has 0 aliphatic rings. The number of ether oxygens (including phenoxy) is 1. The van der Waals surface area contributed by atoms with E-state index in [9.17, 15) is 13.2 Å². The third-order valence-electron chi connectivity index (χ3n) is 1.31. The number of primary sulfonamides is 1. The zero-order chi connectivity index (χ0) is 10.1. The van der Waals surface area contributed by atoms with Crippen molar-refractivity contribution >= 4 is 16.0 Å². The van der Waals surface area contributed by atoms with Crippen molar-refractivity contribution in [3.05, 3.63) is 18.1 Å². The van der Waals surface area contributed by atoms with Crippen molar-refractivity contribution in [1.82, 2.24) is 0 Å². The van der Waals surface area contributed by atoms with Crippen molar-refractivity contribution in [3.63, 3.8) is 0 Å². The lowest BCUT2D eigenvalue weighted by Crippen LogP contribution is -2.15. The Bertz CT molecular complexity index is 418. The predicted octanol–water partition coefficient (Wildman–Crippen LogP) is -0.286. The molecule has 1 aromatic rings. The van der Waals surface area contributed by atoms with E-state index in [1.165, 1.54) is 0 Å². The summed E-state index contributed by atoms with van der Waals surface area (Å²) < 4.78 is 30.6. The van der Waals surface area contributed by atoms with Crippen LogP contribution in [0.2, 0.25) is 0 Å².